The lowest BCUT2D eigenvalue weighted by Crippen LogP contribution is -2.24. The zero-order valence-electron chi connectivity index (χ0n) is 17.3. The third kappa shape index (κ3) is 5.45. The van der Waals surface area contributed by atoms with Crippen molar-refractivity contribution in [3.05, 3.63) is 70.0 Å². The Labute approximate surface area is 193 Å². The predicted molar refractivity (Wildman–Crippen MR) is 121 cm³/mol. The Morgan fingerprint density at radius 2 is 1.81 bits per heavy atom. The van der Waals surface area contributed by atoms with Crippen LogP contribution in [0, 0.1) is 6.92 Å². The predicted octanol–water partition coefficient (Wildman–Crippen LogP) is 3.14. The fourth-order valence-electron chi connectivity index (χ4n) is 2.84. The topological polar surface area (TPSA) is 126 Å². The van der Waals surface area contributed by atoms with Gasteiger partial charge in [-0.2, -0.15) is 0 Å². The second kappa shape index (κ2) is 10.3. The Bertz CT molecular complexity index is 1180. The third-order valence-electron chi connectivity index (χ3n) is 4.62. The Hall–Kier alpha value is -3.37. The zero-order valence-corrected chi connectivity index (χ0v) is 18.8. The van der Waals surface area contributed by atoms with Gasteiger partial charge in [0.2, 0.25) is 5.91 Å². The van der Waals surface area contributed by atoms with Crippen LogP contribution < -0.4 is 10.6 Å². The first kappa shape index (κ1) is 23.3. The smallest absolute Gasteiger partial charge is 0.336 e. The quantitative estimate of drug-likeness (QED) is 0.429. The van der Waals surface area contributed by atoms with Crippen LogP contribution in [0.15, 0.2) is 47.6 Å². The summed E-state index contributed by atoms with van der Waals surface area (Å²) in [7, 11) is 1.73. The third-order valence-corrected chi connectivity index (χ3v) is 5.97. The zero-order chi connectivity index (χ0) is 23.3. The highest BCUT2D eigenvalue weighted by Gasteiger charge is 2.16. The van der Waals surface area contributed by atoms with Gasteiger partial charge in [-0.15, -0.1) is 10.2 Å². The summed E-state index contributed by atoms with van der Waals surface area (Å²) in [5.41, 5.74) is 1.42. The molecule has 166 valence electrons. The molecule has 0 spiro atoms. The average Bonchev–Trinajstić information content (AvgIpc) is 3.11. The monoisotopic (exact) mass is 473 g/mol. The standard InChI is InChI=1S/C21H20ClN5O4S/c1-12-13(20(30)31)7-5-9-16(12)24-18(28)11-32-21-26-25-17(27(21)2)10-23-19(29)14-6-3-4-8-15(14)22/h3-9H,10-11H2,1-2H3,(H,23,29)(H,24,28)(H,30,31). The second-order valence-electron chi connectivity index (χ2n) is 6.74. The number of benzene rings is 2. The molecule has 0 bridgehead atoms. The van der Waals surface area contributed by atoms with Gasteiger partial charge in [0, 0.05) is 12.7 Å². The molecule has 1 aromatic heterocycles. The van der Waals surface area contributed by atoms with E-state index in [9.17, 15) is 19.5 Å². The van der Waals surface area contributed by atoms with Crippen LogP contribution in [0.3, 0.4) is 0 Å². The first-order valence-corrected chi connectivity index (χ1v) is 10.8. The van der Waals surface area contributed by atoms with Gasteiger partial charge >= 0.3 is 5.97 Å². The lowest BCUT2D eigenvalue weighted by molar-refractivity contribution is -0.113. The molecule has 3 N–H and O–H groups in total. The molecule has 9 nitrogen and oxygen atoms in total. The van der Waals surface area contributed by atoms with E-state index in [2.05, 4.69) is 20.8 Å². The van der Waals surface area contributed by atoms with Gasteiger partial charge in [-0.1, -0.05) is 41.6 Å². The second-order valence-corrected chi connectivity index (χ2v) is 8.09. The maximum atomic E-state index is 12.3. The van der Waals surface area contributed by atoms with Crippen molar-refractivity contribution in [3.63, 3.8) is 0 Å². The van der Waals surface area contributed by atoms with Crippen molar-refractivity contribution >= 4 is 46.8 Å². The number of hydrogen-bond donors (Lipinski definition) is 3. The molecule has 0 aliphatic carbocycles. The molecule has 0 atom stereocenters. The fourth-order valence-corrected chi connectivity index (χ4v) is 3.80. The van der Waals surface area contributed by atoms with E-state index in [1.54, 1.807) is 54.9 Å². The van der Waals surface area contributed by atoms with Gasteiger partial charge < -0.3 is 20.3 Å². The normalized spacial score (nSPS) is 10.6. The van der Waals surface area contributed by atoms with Gasteiger partial charge in [0.1, 0.15) is 0 Å². The molecule has 0 saturated carbocycles. The molecule has 2 aromatic carbocycles. The van der Waals surface area contributed by atoms with E-state index in [1.165, 1.54) is 17.8 Å². The molecule has 32 heavy (non-hydrogen) atoms. The van der Waals surface area contributed by atoms with Crippen LogP contribution in [0.25, 0.3) is 0 Å². The Morgan fingerprint density at radius 1 is 1.09 bits per heavy atom. The van der Waals surface area contributed by atoms with E-state index >= 15 is 0 Å². The highest BCUT2D eigenvalue weighted by atomic mass is 35.5. The number of anilines is 1. The maximum absolute atomic E-state index is 12.3. The molecule has 0 aliphatic rings. The Kier molecular flexibility index (Phi) is 7.49. The number of carboxylic acid groups (broad SMARTS) is 1. The van der Waals surface area contributed by atoms with E-state index in [0.717, 1.165) is 0 Å². The molecule has 3 rings (SSSR count). The number of aromatic carboxylic acids is 1. The minimum Gasteiger partial charge on any atom is -0.478 e. The molecule has 0 radical (unpaired) electrons. The van der Waals surface area contributed by atoms with Crippen LogP contribution in [0.4, 0.5) is 5.69 Å². The van der Waals surface area contributed by atoms with Crippen molar-refractivity contribution in [1.82, 2.24) is 20.1 Å². The number of amides is 2. The van der Waals surface area contributed by atoms with Crippen LogP contribution in [0.2, 0.25) is 5.02 Å². The van der Waals surface area contributed by atoms with Crippen molar-refractivity contribution in [2.75, 3.05) is 11.1 Å². The lowest BCUT2D eigenvalue weighted by Gasteiger charge is -2.10. The van der Waals surface area contributed by atoms with Crippen molar-refractivity contribution in [2.24, 2.45) is 7.05 Å². The molecule has 0 saturated heterocycles. The first-order chi connectivity index (χ1) is 15.3. The number of aromatic nitrogens is 3. The fraction of sp³-hybridized carbons (Fsp3) is 0.190. The minimum atomic E-state index is -1.05. The summed E-state index contributed by atoms with van der Waals surface area (Å²) in [6.45, 7) is 1.78. The summed E-state index contributed by atoms with van der Waals surface area (Å²) in [5, 5.41) is 23.6. The van der Waals surface area contributed by atoms with Gasteiger partial charge in [-0.3, -0.25) is 9.59 Å². The number of rotatable bonds is 8. The summed E-state index contributed by atoms with van der Waals surface area (Å²) >= 11 is 7.21. The number of halogens is 1. The van der Waals surface area contributed by atoms with Gasteiger partial charge in [-0.05, 0) is 36.8 Å². The molecule has 11 heteroatoms. The number of nitrogens with one attached hydrogen (secondary N) is 2. The summed E-state index contributed by atoms with van der Waals surface area (Å²) in [4.78, 5) is 35.9. The summed E-state index contributed by atoms with van der Waals surface area (Å²) in [6.07, 6.45) is 0. The van der Waals surface area contributed by atoms with E-state index in [0.29, 0.717) is 32.8 Å². The number of carboxylic acids is 1. The number of hydrogen-bond acceptors (Lipinski definition) is 6. The molecule has 2 amide bonds. The van der Waals surface area contributed by atoms with Gasteiger partial charge in [0.15, 0.2) is 11.0 Å². The van der Waals surface area contributed by atoms with Crippen molar-refractivity contribution in [1.29, 1.82) is 0 Å². The van der Waals surface area contributed by atoms with Crippen molar-refractivity contribution in [2.45, 2.75) is 18.6 Å². The maximum Gasteiger partial charge on any atom is 0.336 e. The summed E-state index contributed by atoms with van der Waals surface area (Å²) in [6, 6.07) is 11.4. The summed E-state index contributed by atoms with van der Waals surface area (Å²) in [5.74, 6) is -1.13. The first-order valence-electron chi connectivity index (χ1n) is 9.44. The van der Waals surface area contributed by atoms with E-state index < -0.39 is 5.97 Å². The number of carbonyl (C=O) groups is 3. The van der Waals surface area contributed by atoms with E-state index in [1.807, 2.05) is 0 Å². The van der Waals surface area contributed by atoms with E-state index in [-0.39, 0.29) is 29.7 Å². The van der Waals surface area contributed by atoms with Crippen molar-refractivity contribution in [3.8, 4) is 0 Å². The number of thioether (sulfide) groups is 1. The molecule has 0 unspecified atom stereocenters. The van der Waals surface area contributed by atoms with Crippen LogP contribution in [-0.2, 0) is 18.4 Å². The highest BCUT2D eigenvalue weighted by Crippen LogP contribution is 2.21. The Morgan fingerprint density at radius 3 is 2.53 bits per heavy atom. The SMILES string of the molecule is Cc1c(NC(=O)CSc2nnc(CNC(=O)c3ccccc3Cl)n2C)cccc1C(=O)O. The minimum absolute atomic E-state index is 0.0503. The molecule has 1 heterocycles. The molecular formula is C21H20ClN5O4S. The average molecular weight is 474 g/mol. The van der Waals surface area contributed by atoms with Crippen LogP contribution in [0.5, 0.6) is 0 Å². The Balaban J connectivity index is 1.56. The van der Waals surface area contributed by atoms with Crippen molar-refractivity contribution < 1.29 is 19.5 Å². The van der Waals surface area contributed by atoms with Gasteiger partial charge in [0.05, 0.1) is 28.4 Å². The molecule has 0 fully saturated rings. The number of carbonyl (C=O) groups excluding carboxylic acids is 2. The lowest BCUT2D eigenvalue weighted by atomic mass is 10.1. The number of nitrogens with zero attached hydrogens (tertiary/aromatic N) is 3. The van der Waals surface area contributed by atoms with Crippen LogP contribution in [-0.4, -0.2) is 43.4 Å². The molecule has 0 aliphatic heterocycles. The molecule has 3 aromatic rings. The largest absolute Gasteiger partial charge is 0.478 e. The summed E-state index contributed by atoms with van der Waals surface area (Å²) < 4.78 is 1.68. The molecular weight excluding hydrogens is 454 g/mol. The van der Waals surface area contributed by atoms with Crippen LogP contribution in [0.1, 0.15) is 32.1 Å². The van der Waals surface area contributed by atoms with Gasteiger partial charge in [0.25, 0.3) is 5.91 Å². The highest BCUT2D eigenvalue weighted by molar-refractivity contribution is 7.99. The van der Waals surface area contributed by atoms with E-state index in [4.69, 9.17) is 11.6 Å². The van der Waals surface area contributed by atoms with Gasteiger partial charge in [-0.25, -0.2) is 4.79 Å². The van der Waals surface area contributed by atoms with Crippen LogP contribution >= 0.6 is 23.4 Å².